The third-order valence-corrected chi connectivity index (χ3v) is 2.29. The Kier molecular flexibility index (Phi) is 2.00. The minimum atomic E-state index is -0.280. The minimum absolute atomic E-state index is 0.280. The highest BCUT2D eigenvalue weighted by molar-refractivity contribution is 6.00. The first-order valence-electron chi connectivity index (χ1n) is 4.38. The monoisotopic (exact) mass is 190 g/mol. The van der Waals surface area contributed by atoms with Crippen LogP contribution in [-0.2, 0) is 0 Å². The molecular weight excluding hydrogens is 179 g/mol. The van der Waals surface area contributed by atoms with Gasteiger partial charge < -0.3 is 11.1 Å². The van der Waals surface area contributed by atoms with Crippen molar-refractivity contribution in [3.05, 3.63) is 36.1 Å². The fourth-order valence-electron chi connectivity index (χ4n) is 1.61. The summed E-state index contributed by atoms with van der Waals surface area (Å²) in [6.45, 7) is 0. The zero-order valence-corrected chi connectivity index (χ0v) is 7.84. The molecule has 0 fully saturated rings. The molecule has 0 atom stereocenters. The van der Waals surface area contributed by atoms with Crippen molar-refractivity contribution < 1.29 is 4.39 Å². The summed E-state index contributed by atoms with van der Waals surface area (Å²) in [5.41, 5.74) is 7.07. The largest absolute Gasteiger partial charge is 0.398 e. The number of hydrogen-bond donors (Lipinski definition) is 2. The van der Waals surface area contributed by atoms with E-state index in [0.717, 1.165) is 11.1 Å². The number of benzene rings is 2. The maximum absolute atomic E-state index is 13.5. The fourth-order valence-corrected chi connectivity index (χ4v) is 1.61. The van der Waals surface area contributed by atoms with Crippen molar-refractivity contribution in [2.45, 2.75) is 0 Å². The third-order valence-electron chi connectivity index (χ3n) is 2.29. The van der Waals surface area contributed by atoms with Gasteiger partial charge in [0, 0.05) is 29.2 Å². The van der Waals surface area contributed by atoms with E-state index in [-0.39, 0.29) is 5.82 Å². The SMILES string of the molecule is CNc1ccc(F)c2c(N)cccc12. The Morgan fingerprint density at radius 2 is 2.00 bits per heavy atom. The van der Waals surface area contributed by atoms with Gasteiger partial charge in [0.2, 0.25) is 0 Å². The highest BCUT2D eigenvalue weighted by atomic mass is 19.1. The summed E-state index contributed by atoms with van der Waals surface area (Å²) in [7, 11) is 1.80. The maximum atomic E-state index is 13.5. The predicted molar refractivity (Wildman–Crippen MR) is 57.9 cm³/mol. The van der Waals surface area contributed by atoms with Crippen LogP contribution in [0.4, 0.5) is 15.8 Å². The lowest BCUT2D eigenvalue weighted by atomic mass is 10.1. The Labute approximate surface area is 81.5 Å². The average molecular weight is 190 g/mol. The Hall–Kier alpha value is -1.77. The van der Waals surface area contributed by atoms with Crippen molar-refractivity contribution in [2.24, 2.45) is 0 Å². The van der Waals surface area contributed by atoms with Gasteiger partial charge in [0.05, 0.1) is 0 Å². The van der Waals surface area contributed by atoms with Gasteiger partial charge in [-0.2, -0.15) is 0 Å². The zero-order chi connectivity index (χ0) is 10.1. The molecule has 3 heteroatoms. The number of rotatable bonds is 1. The molecule has 0 heterocycles. The molecule has 0 aliphatic rings. The van der Waals surface area contributed by atoms with E-state index in [1.54, 1.807) is 19.2 Å². The summed E-state index contributed by atoms with van der Waals surface area (Å²) < 4.78 is 13.5. The van der Waals surface area contributed by atoms with Crippen molar-refractivity contribution in [3.63, 3.8) is 0 Å². The lowest BCUT2D eigenvalue weighted by Crippen LogP contribution is -1.94. The lowest BCUT2D eigenvalue weighted by molar-refractivity contribution is 0.640. The summed E-state index contributed by atoms with van der Waals surface area (Å²) in [5.74, 6) is -0.280. The van der Waals surface area contributed by atoms with E-state index in [0.29, 0.717) is 11.1 Å². The van der Waals surface area contributed by atoms with E-state index in [1.807, 2.05) is 12.1 Å². The molecule has 0 aromatic heterocycles. The van der Waals surface area contributed by atoms with Gasteiger partial charge in [-0.05, 0) is 18.2 Å². The van der Waals surface area contributed by atoms with E-state index in [9.17, 15) is 4.39 Å². The van der Waals surface area contributed by atoms with Gasteiger partial charge in [-0.3, -0.25) is 0 Å². The first-order chi connectivity index (χ1) is 6.74. The second-order valence-electron chi connectivity index (χ2n) is 3.11. The second kappa shape index (κ2) is 3.18. The molecule has 3 N–H and O–H groups in total. The normalized spacial score (nSPS) is 10.4. The molecule has 0 amide bonds. The van der Waals surface area contributed by atoms with Crippen LogP contribution in [0.1, 0.15) is 0 Å². The van der Waals surface area contributed by atoms with Crippen LogP contribution in [0.5, 0.6) is 0 Å². The second-order valence-corrected chi connectivity index (χ2v) is 3.11. The highest BCUT2D eigenvalue weighted by Crippen LogP contribution is 2.29. The van der Waals surface area contributed by atoms with Crippen molar-refractivity contribution >= 4 is 22.1 Å². The van der Waals surface area contributed by atoms with Crippen LogP contribution in [0.15, 0.2) is 30.3 Å². The predicted octanol–water partition coefficient (Wildman–Crippen LogP) is 2.60. The summed E-state index contributed by atoms with van der Waals surface area (Å²) in [6.07, 6.45) is 0. The van der Waals surface area contributed by atoms with E-state index in [4.69, 9.17) is 5.73 Å². The van der Waals surface area contributed by atoms with Crippen molar-refractivity contribution in [1.29, 1.82) is 0 Å². The van der Waals surface area contributed by atoms with Gasteiger partial charge in [0.15, 0.2) is 0 Å². The molecule has 0 bridgehead atoms. The third kappa shape index (κ3) is 1.18. The molecular formula is C11H11FN2. The van der Waals surface area contributed by atoms with E-state index in [1.165, 1.54) is 6.07 Å². The van der Waals surface area contributed by atoms with E-state index < -0.39 is 0 Å². The molecule has 14 heavy (non-hydrogen) atoms. The average Bonchev–Trinajstić information content (AvgIpc) is 2.18. The summed E-state index contributed by atoms with van der Waals surface area (Å²) in [6, 6.07) is 8.49. The van der Waals surface area contributed by atoms with Gasteiger partial charge in [-0.15, -0.1) is 0 Å². The van der Waals surface area contributed by atoms with Crippen LogP contribution in [0.2, 0.25) is 0 Å². The van der Waals surface area contributed by atoms with Crippen LogP contribution in [0, 0.1) is 5.82 Å². The Morgan fingerprint density at radius 1 is 1.21 bits per heavy atom. The van der Waals surface area contributed by atoms with Gasteiger partial charge in [0.1, 0.15) is 5.82 Å². The van der Waals surface area contributed by atoms with Crippen LogP contribution >= 0.6 is 0 Å². The molecule has 0 saturated heterocycles. The van der Waals surface area contributed by atoms with Gasteiger partial charge in [-0.25, -0.2) is 4.39 Å². The molecule has 2 aromatic carbocycles. The summed E-state index contributed by atoms with van der Waals surface area (Å²) in [4.78, 5) is 0. The van der Waals surface area contributed by atoms with Crippen LogP contribution < -0.4 is 11.1 Å². The van der Waals surface area contributed by atoms with Crippen LogP contribution in [0.3, 0.4) is 0 Å². The maximum Gasteiger partial charge on any atom is 0.133 e. The quantitative estimate of drug-likeness (QED) is 0.678. The Bertz CT molecular complexity index is 472. The van der Waals surface area contributed by atoms with E-state index in [2.05, 4.69) is 5.32 Å². The molecule has 2 rings (SSSR count). The minimum Gasteiger partial charge on any atom is -0.398 e. The van der Waals surface area contributed by atoms with Crippen LogP contribution in [0.25, 0.3) is 10.8 Å². The number of nitrogen functional groups attached to an aromatic ring is 1. The molecule has 0 spiro atoms. The Balaban J connectivity index is 2.91. The number of anilines is 2. The highest BCUT2D eigenvalue weighted by Gasteiger charge is 2.06. The van der Waals surface area contributed by atoms with Gasteiger partial charge >= 0.3 is 0 Å². The topological polar surface area (TPSA) is 38.0 Å². The van der Waals surface area contributed by atoms with Gasteiger partial charge in [-0.1, -0.05) is 12.1 Å². The van der Waals surface area contributed by atoms with Crippen LogP contribution in [-0.4, -0.2) is 7.05 Å². The molecule has 0 aliphatic heterocycles. The molecule has 0 aliphatic carbocycles. The molecule has 0 saturated carbocycles. The van der Waals surface area contributed by atoms with Crippen molar-refractivity contribution in [1.82, 2.24) is 0 Å². The molecule has 2 aromatic rings. The fraction of sp³-hybridized carbons (Fsp3) is 0.0909. The first-order valence-corrected chi connectivity index (χ1v) is 4.38. The number of nitrogens with two attached hydrogens (primary N) is 1. The standard InChI is InChI=1S/C11H11FN2/c1-14-10-6-5-8(12)11-7(10)3-2-4-9(11)13/h2-6,14H,13H2,1H3. The van der Waals surface area contributed by atoms with Crippen molar-refractivity contribution in [2.75, 3.05) is 18.1 Å². The zero-order valence-electron chi connectivity index (χ0n) is 7.84. The summed E-state index contributed by atoms with van der Waals surface area (Å²) in [5, 5.41) is 4.30. The summed E-state index contributed by atoms with van der Waals surface area (Å²) >= 11 is 0. The number of fused-ring (bicyclic) bond motifs is 1. The molecule has 2 nitrogen and oxygen atoms in total. The number of nitrogens with one attached hydrogen (secondary N) is 1. The molecule has 72 valence electrons. The lowest BCUT2D eigenvalue weighted by Gasteiger charge is -2.08. The number of hydrogen-bond acceptors (Lipinski definition) is 2. The van der Waals surface area contributed by atoms with Crippen molar-refractivity contribution in [3.8, 4) is 0 Å². The Morgan fingerprint density at radius 3 is 2.71 bits per heavy atom. The van der Waals surface area contributed by atoms with E-state index >= 15 is 0 Å². The molecule has 0 radical (unpaired) electrons. The smallest absolute Gasteiger partial charge is 0.133 e. The van der Waals surface area contributed by atoms with Gasteiger partial charge in [0.25, 0.3) is 0 Å². The molecule has 0 unspecified atom stereocenters. The first kappa shape index (κ1) is 8.81. The number of halogens is 1.